The van der Waals surface area contributed by atoms with Gasteiger partial charge in [0.1, 0.15) is 0 Å². The van der Waals surface area contributed by atoms with Gasteiger partial charge in [-0.05, 0) is 30.4 Å². The summed E-state index contributed by atoms with van der Waals surface area (Å²) in [6.45, 7) is 2.93. The summed E-state index contributed by atoms with van der Waals surface area (Å²) in [6, 6.07) is 10.3. The van der Waals surface area contributed by atoms with Crippen LogP contribution in [0.15, 0.2) is 24.3 Å². The summed E-state index contributed by atoms with van der Waals surface area (Å²) < 4.78 is 0. The van der Waals surface area contributed by atoms with Gasteiger partial charge in [0.2, 0.25) is 0 Å². The van der Waals surface area contributed by atoms with Gasteiger partial charge in [0.25, 0.3) is 0 Å². The van der Waals surface area contributed by atoms with Crippen LogP contribution in [0, 0.1) is 17.2 Å². The third-order valence-electron chi connectivity index (χ3n) is 4.69. The zero-order valence-electron chi connectivity index (χ0n) is 14.6. The van der Waals surface area contributed by atoms with Crippen molar-refractivity contribution in [2.75, 3.05) is 19.3 Å². The van der Waals surface area contributed by atoms with E-state index in [4.69, 9.17) is 5.26 Å². The molecule has 24 heavy (non-hydrogen) atoms. The van der Waals surface area contributed by atoms with E-state index in [2.05, 4.69) is 18.3 Å². The molecule has 1 aromatic carbocycles. The minimum atomic E-state index is 0.0344. The standard InChI is InChI=1S/C19H27N3OS/c1-15-6-5-9-18(12-15)22(2)19(23)21-10-11-24-14-17-8-4-3-7-16(17)13-20/h3-4,7-8,15,18H,5-6,9-12,14H2,1-2H3,(H,21,23). The SMILES string of the molecule is CC1CCCC(N(C)C(=O)NCCSCc2ccccc2C#N)C1. The van der Waals surface area contributed by atoms with Crippen molar-refractivity contribution in [3.8, 4) is 6.07 Å². The summed E-state index contributed by atoms with van der Waals surface area (Å²) in [7, 11) is 1.91. The van der Waals surface area contributed by atoms with Crippen LogP contribution in [0.25, 0.3) is 0 Å². The van der Waals surface area contributed by atoms with Gasteiger partial charge in [0.15, 0.2) is 0 Å². The van der Waals surface area contributed by atoms with Crippen LogP contribution in [-0.4, -0.2) is 36.3 Å². The predicted molar refractivity (Wildman–Crippen MR) is 99.9 cm³/mol. The fourth-order valence-corrected chi connectivity index (χ4v) is 4.07. The maximum Gasteiger partial charge on any atom is 0.317 e. The molecule has 0 saturated heterocycles. The van der Waals surface area contributed by atoms with Crippen LogP contribution in [0.3, 0.4) is 0 Å². The Morgan fingerprint density at radius 3 is 2.96 bits per heavy atom. The molecule has 2 amide bonds. The highest BCUT2D eigenvalue weighted by atomic mass is 32.2. The third-order valence-corrected chi connectivity index (χ3v) is 5.70. The second kappa shape index (κ2) is 9.58. The van der Waals surface area contributed by atoms with Gasteiger partial charge >= 0.3 is 6.03 Å². The summed E-state index contributed by atoms with van der Waals surface area (Å²) >= 11 is 1.74. The Labute approximate surface area is 149 Å². The lowest BCUT2D eigenvalue weighted by Gasteiger charge is -2.34. The second-order valence-corrected chi connectivity index (χ2v) is 7.70. The topological polar surface area (TPSA) is 56.1 Å². The summed E-state index contributed by atoms with van der Waals surface area (Å²) in [4.78, 5) is 14.1. The molecule has 0 bridgehead atoms. The van der Waals surface area contributed by atoms with E-state index in [1.54, 1.807) is 11.8 Å². The fourth-order valence-electron chi connectivity index (χ4n) is 3.21. The van der Waals surface area contributed by atoms with Gasteiger partial charge in [-0.3, -0.25) is 0 Å². The quantitative estimate of drug-likeness (QED) is 0.793. The van der Waals surface area contributed by atoms with Crippen LogP contribution in [-0.2, 0) is 5.75 Å². The molecular weight excluding hydrogens is 318 g/mol. The number of carbonyl (C=O) groups excluding carboxylic acids is 1. The van der Waals surface area contributed by atoms with E-state index in [0.29, 0.717) is 12.6 Å². The molecule has 1 aromatic rings. The highest BCUT2D eigenvalue weighted by molar-refractivity contribution is 7.98. The Balaban J connectivity index is 1.66. The predicted octanol–water partition coefficient (Wildman–Crippen LogP) is 4.01. The van der Waals surface area contributed by atoms with Crippen molar-refractivity contribution in [2.45, 2.75) is 44.4 Å². The summed E-state index contributed by atoms with van der Waals surface area (Å²) in [5.41, 5.74) is 1.80. The summed E-state index contributed by atoms with van der Waals surface area (Å²) in [5, 5.41) is 12.1. The van der Waals surface area contributed by atoms with E-state index in [1.165, 1.54) is 12.8 Å². The lowest BCUT2D eigenvalue weighted by Crippen LogP contribution is -2.45. The molecule has 1 N–H and O–H groups in total. The molecule has 1 aliphatic carbocycles. The van der Waals surface area contributed by atoms with Crippen molar-refractivity contribution < 1.29 is 4.79 Å². The van der Waals surface area contributed by atoms with Crippen LogP contribution < -0.4 is 5.32 Å². The molecule has 2 atom stereocenters. The van der Waals surface area contributed by atoms with Crippen molar-refractivity contribution in [3.05, 3.63) is 35.4 Å². The maximum absolute atomic E-state index is 12.2. The number of hydrogen-bond acceptors (Lipinski definition) is 3. The molecule has 130 valence electrons. The van der Waals surface area contributed by atoms with Crippen molar-refractivity contribution in [3.63, 3.8) is 0 Å². The first-order valence-corrected chi connectivity index (χ1v) is 9.83. The molecule has 1 fully saturated rings. The Morgan fingerprint density at radius 1 is 1.42 bits per heavy atom. The van der Waals surface area contributed by atoms with Gasteiger partial charge in [0.05, 0.1) is 11.6 Å². The molecule has 1 saturated carbocycles. The molecule has 0 radical (unpaired) electrons. The van der Waals surface area contributed by atoms with Crippen LogP contribution in [0.2, 0.25) is 0 Å². The number of carbonyl (C=O) groups is 1. The Morgan fingerprint density at radius 2 is 2.21 bits per heavy atom. The molecule has 1 aliphatic rings. The zero-order chi connectivity index (χ0) is 17.4. The Kier molecular flexibility index (Phi) is 7.45. The number of hydrogen-bond donors (Lipinski definition) is 1. The molecule has 0 aliphatic heterocycles. The number of nitrogens with zero attached hydrogens (tertiary/aromatic N) is 2. The molecule has 2 unspecified atom stereocenters. The van der Waals surface area contributed by atoms with Gasteiger partial charge in [0, 0.05) is 31.1 Å². The molecule has 0 spiro atoms. The molecule has 0 aromatic heterocycles. The zero-order valence-corrected chi connectivity index (χ0v) is 15.4. The number of urea groups is 1. The van der Waals surface area contributed by atoms with E-state index >= 15 is 0 Å². The van der Waals surface area contributed by atoms with Crippen molar-refractivity contribution in [1.29, 1.82) is 5.26 Å². The Bertz CT molecular complexity index is 584. The van der Waals surface area contributed by atoms with Crippen molar-refractivity contribution in [1.82, 2.24) is 10.2 Å². The largest absolute Gasteiger partial charge is 0.337 e. The number of benzene rings is 1. The van der Waals surface area contributed by atoms with E-state index in [9.17, 15) is 4.79 Å². The van der Waals surface area contributed by atoms with E-state index in [0.717, 1.165) is 41.4 Å². The number of nitrogens with one attached hydrogen (secondary N) is 1. The smallest absolute Gasteiger partial charge is 0.317 e. The van der Waals surface area contributed by atoms with Crippen molar-refractivity contribution in [2.24, 2.45) is 5.92 Å². The lowest BCUT2D eigenvalue weighted by atomic mass is 9.86. The summed E-state index contributed by atoms with van der Waals surface area (Å²) in [6.07, 6.45) is 4.74. The van der Waals surface area contributed by atoms with Crippen LogP contribution in [0.1, 0.15) is 43.7 Å². The highest BCUT2D eigenvalue weighted by Crippen LogP contribution is 2.26. The summed E-state index contributed by atoms with van der Waals surface area (Å²) in [5.74, 6) is 2.37. The number of thioether (sulfide) groups is 1. The van der Waals surface area contributed by atoms with Crippen LogP contribution in [0.5, 0.6) is 0 Å². The van der Waals surface area contributed by atoms with E-state index in [-0.39, 0.29) is 6.03 Å². The first-order chi connectivity index (χ1) is 11.6. The van der Waals surface area contributed by atoms with Crippen LogP contribution in [0.4, 0.5) is 4.79 Å². The monoisotopic (exact) mass is 345 g/mol. The van der Waals surface area contributed by atoms with Gasteiger partial charge < -0.3 is 10.2 Å². The first-order valence-electron chi connectivity index (χ1n) is 8.68. The van der Waals surface area contributed by atoms with Gasteiger partial charge in [-0.1, -0.05) is 38.0 Å². The molecule has 2 rings (SSSR count). The fraction of sp³-hybridized carbons (Fsp3) is 0.579. The van der Waals surface area contributed by atoms with E-state index < -0.39 is 0 Å². The third kappa shape index (κ3) is 5.45. The molecule has 4 nitrogen and oxygen atoms in total. The second-order valence-electron chi connectivity index (χ2n) is 6.59. The molecular formula is C19H27N3OS. The minimum Gasteiger partial charge on any atom is -0.337 e. The molecule has 0 heterocycles. The number of nitriles is 1. The number of rotatable bonds is 6. The highest BCUT2D eigenvalue weighted by Gasteiger charge is 2.25. The minimum absolute atomic E-state index is 0.0344. The molecule has 5 heteroatoms. The average molecular weight is 346 g/mol. The van der Waals surface area contributed by atoms with Gasteiger partial charge in [-0.15, -0.1) is 0 Å². The first kappa shape index (κ1) is 18.7. The number of amides is 2. The van der Waals surface area contributed by atoms with Crippen molar-refractivity contribution >= 4 is 17.8 Å². The van der Waals surface area contributed by atoms with Crippen LogP contribution >= 0.6 is 11.8 Å². The van der Waals surface area contributed by atoms with Gasteiger partial charge in [-0.2, -0.15) is 17.0 Å². The lowest BCUT2D eigenvalue weighted by molar-refractivity contribution is 0.161. The normalized spacial score (nSPS) is 20.2. The van der Waals surface area contributed by atoms with E-state index in [1.807, 2.05) is 36.2 Å². The average Bonchev–Trinajstić information content (AvgIpc) is 2.61. The Hall–Kier alpha value is -1.67. The maximum atomic E-state index is 12.2. The van der Waals surface area contributed by atoms with Gasteiger partial charge in [-0.25, -0.2) is 4.79 Å².